The first-order valence-corrected chi connectivity index (χ1v) is 7.76. The number of carbonyl (C=O) groups excluding carboxylic acids is 1. The lowest BCUT2D eigenvalue weighted by molar-refractivity contribution is -0.551. The number of hydrogen-bond acceptors (Lipinski definition) is 4. The molecule has 3 aromatic rings. The van der Waals surface area contributed by atoms with E-state index < -0.39 is 0 Å². The second kappa shape index (κ2) is 5.45. The summed E-state index contributed by atoms with van der Waals surface area (Å²) >= 11 is 0. The molecule has 2 N–H and O–H groups in total. The van der Waals surface area contributed by atoms with Crippen LogP contribution < -0.4 is 9.88 Å². The molecule has 118 valence electrons. The average Bonchev–Trinajstić information content (AvgIpc) is 2.90. The Hall–Kier alpha value is -3.21. The van der Waals surface area contributed by atoms with Gasteiger partial charge in [0.25, 0.3) is 0 Å². The quantitative estimate of drug-likeness (QED) is 0.713. The number of aromatic hydroxyl groups is 1. The van der Waals surface area contributed by atoms with E-state index in [1.807, 2.05) is 37.3 Å². The van der Waals surface area contributed by atoms with Gasteiger partial charge in [-0.05, 0) is 31.2 Å². The maximum Gasteiger partial charge on any atom is 0.358 e. The van der Waals surface area contributed by atoms with Crippen molar-refractivity contribution in [2.45, 2.75) is 13.0 Å². The van der Waals surface area contributed by atoms with Gasteiger partial charge in [0.2, 0.25) is 0 Å². The van der Waals surface area contributed by atoms with Crippen LogP contribution in [-0.2, 0) is 0 Å². The fraction of sp³-hybridized carbons (Fsp3) is 0.105. The lowest BCUT2D eigenvalue weighted by atomic mass is 10.1. The maximum atomic E-state index is 12.5. The van der Waals surface area contributed by atoms with E-state index in [1.54, 1.807) is 35.0 Å². The van der Waals surface area contributed by atoms with E-state index in [0.717, 1.165) is 16.8 Å². The number of benzene rings is 2. The Morgan fingerprint density at radius 1 is 1.04 bits per heavy atom. The SMILES string of the molecule is CC1Nc2c(-c3ccc(O)cc3)nc(-c3ccccc3)c[n+]2C1=O. The summed E-state index contributed by atoms with van der Waals surface area (Å²) < 4.78 is 1.63. The molecule has 0 amide bonds. The van der Waals surface area contributed by atoms with E-state index in [0.29, 0.717) is 11.5 Å². The third-order valence-electron chi connectivity index (χ3n) is 4.12. The molecule has 0 spiro atoms. The lowest BCUT2D eigenvalue weighted by Gasteiger charge is -2.07. The molecule has 5 nitrogen and oxygen atoms in total. The Morgan fingerprint density at radius 2 is 1.75 bits per heavy atom. The number of hydrogen-bond donors (Lipinski definition) is 2. The van der Waals surface area contributed by atoms with E-state index in [2.05, 4.69) is 5.32 Å². The van der Waals surface area contributed by atoms with Crippen LogP contribution in [0.2, 0.25) is 0 Å². The van der Waals surface area contributed by atoms with Crippen LogP contribution in [0.3, 0.4) is 0 Å². The van der Waals surface area contributed by atoms with Crippen molar-refractivity contribution in [1.82, 2.24) is 4.98 Å². The number of anilines is 1. The van der Waals surface area contributed by atoms with Crippen molar-refractivity contribution in [2.24, 2.45) is 0 Å². The Kier molecular flexibility index (Phi) is 3.27. The fourth-order valence-electron chi connectivity index (χ4n) is 2.86. The van der Waals surface area contributed by atoms with Gasteiger partial charge in [0.05, 0.1) is 0 Å². The molecule has 0 aliphatic carbocycles. The molecule has 1 unspecified atom stereocenters. The molecule has 1 aromatic heterocycles. The number of phenolic OH excluding ortho intramolecular Hbond substituents is 1. The van der Waals surface area contributed by atoms with E-state index in [4.69, 9.17) is 4.98 Å². The monoisotopic (exact) mass is 318 g/mol. The third-order valence-corrected chi connectivity index (χ3v) is 4.12. The van der Waals surface area contributed by atoms with Crippen molar-refractivity contribution in [1.29, 1.82) is 0 Å². The van der Waals surface area contributed by atoms with Gasteiger partial charge in [-0.25, -0.2) is 9.78 Å². The molecule has 1 atom stereocenters. The number of nitrogens with one attached hydrogen (secondary N) is 1. The highest BCUT2D eigenvalue weighted by atomic mass is 16.3. The number of rotatable bonds is 2. The van der Waals surface area contributed by atoms with Crippen LogP contribution in [0, 0.1) is 0 Å². The zero-order valence-electron chi connectivity index (χ0n) is 13.1. The number of carbonyl (C=O) groups is 1. The molecule has 2 heterocycles. The first-order chi connectivity index (χ1) is 11.6. The normalized spacial score (nSPS) is 15.9. The Labute approximate surface area is 139 Å². The van der Waals surface area contributed by atoms with Gasteiger partial charge in [-0.1, -0.05) is 30.3 Å². The summed E-state index contributed by atoms with van der Waals surface area (Å²) in [5.74, 6) is 0.863. The highest BCUT2D eigenvalue weighted by Gasteiger charge is 2.38. The predicted molar refractivity (Wildman–Crippen MR) is 90.7 cm³/mol. The molecule has 0 saturated carbocycles. The number of fused-ring (bicyclic) bond motifs is 1. The van der Waals surface area contributed by atoms with Gasteiger partial charge < -0.3 is 5.11 Å². The van der Waals surface area contributed by atoms with Gasteiger partial charge in [-0.3, -0.25) is 5.32 Å². The minimum atomic E-state index is -0.298. The summed E-state index contributed by atoms with van der Waals surface area (Å²) in [5, 5.41) is 12.7. The van der Waals surface area contributed by atoms with E-state index in [1.165, 1.54) is 0 Å². The van der Waals surface area contributed by atoms with Crippen LogP contribution in [0.1, 0.15) is 11.7 Å². The molecule has 2 aromatic carbocycles. The van der Waals surface area contributed by atoms with Crippen LogP contribution >= 0.6 is 0 Å². The predicted octanol–water partition coefficient (Wildman–Crippen LogP) is 2.86. The number of phenols is 1. The van der Waals surface area contributed by atoms with Crippen LogP contribution in [0.5, 0.6) is 5.75 Å². The minimum absolute atomic E-state index is 0.00962. The topological polar surface area (TPSA) is 66.1 Å². The summed E-state index contributed by atoms with van der Waals surface area (Å²) in [6, 6.07) is 16.3. The minimum Gasteiger partial charge on any atom is -0.508 e. The molecule has 0 radical (unpaired) electrons. The Bertz CT molecular complexity index is 921. The van der Waals surface area contributed by atoms with Crippen molar-refractivity contribution >= 4 is 11.7 Å². The molecule has 1 aliphatic heterocycles. The van der Waals surface area contributed by atoms with Gasteiger partial charge in [0, 0.05) is 11.1 Å². The van der Waals surface area contributed by atoms with Gasteiger partial charge in [0.15, 0.2) is 11.7 Å². The first kappa shape index (κ1) is 14.4. The van der Waals surface area contributed by atoms with Crippen molar-refractivity contribution in [2.75, 3.05) is 5.32 Å². The molecule has 4 rings (SSSR count). The summed E-state index contributed by atoms with van der Waals surface area (Å²) in [5.41, 5.74) is 3.20. The first-order valence-electron chi connectivity index (χ1n) is 7.76. The highest BCUT2D eigenvalue weighted by molar-refractivity contribution is 5.86. The van der Waals surface area contributed by atoms with Gasteiger partial charge in [-0.15, -0.1) is 0 Å². The smallest absolute Gasteiger partial charge is 0.358 e. The highest BCUT2D eigenvalue weighted by Crippen LogP contribution is 2.30. The van der Waals surface area contributed by atoms with E-state index in [9.17, 15) is 9.90 Å². The largest absolute Gasteiger partial charge is 0.508 e. The van der Waals surface area contributed by atoms with Crippen LogP contribution in [0.4, 0.5) is 5.82 Å². The number of aromatic nitrogens is 2. The number of nitrogens with zero attached hydrogens (tertiary/aromatic N) is 2. The molecule has 24 heavy (non-hydrogen) atoms. The van der Waals surface area contributed by atoms with Gasteiger partial charge in [-0.2, -0.15) is 4.57 Å². The second-order valence-corrected chi connectivity index (χ2v) is 5.81. The molecule has 1 aliphatic rings. The third kappa shape index (κ3) is 2.31. The molecular weight excluding hydrogens is 302 g/mol. The maximum absolute atomic E-state index is 12.5. The van der Waals surface area contributed by atoms with Crippen molar-refractivity contribution in [3.63, 3.8) is 0 Å². The zero-order valence-corrected chi connectivity index (χ0v) is 13.1. The molecule has 0 fully saturated rings. The summed E-state index contributed by atoms with van der Waals surface area (Å²) in [7, 11) is 0. The Morgan fingerprint density at radius 3 is 2.46 bits per heavy atom. The second-order valence-electron chi connectivity index (χ2n) is 5.81. The molecule has 5 heteroatoms. The van der Waals surface area contributed by atoms with E-state index >= 15 is 0 Å². The van der Waals surface area contributed by atoms with Gasteiger partial charge in [0.1, 0.15) is 17.6 Å². The van der Waals surface area contributed by atoms with Crippen LogP contribution in [0.25, 0.3) is 22.5 Å². The van der Waals surface area contributed by atoms with E-state index in [-0.39, 0.29) is 17.7 Å². The fourth-order valence-corrected chi connectivity index (χ4v) is 2.86. The van der Waals surface area contributed by atoms with Crippen molar-refractivity contribution in [3.8, 4) is 28.3 Å². The van der Waals surface area contributed by atoms with Crippen molar-refractivity contribution in [3.05, 3.63) is 60.8 Å². The zero-order chi connectivity index (χ0) is 16.7. The summed E-state index contributed by atoms with van der Waals surface area (Å²) in [4.78, 5) is 17.2. The Balaban J connectivity index is 1.95. The summed E-state index contributed by atoms with van der Waals surface area (Å²) in [6.07, 6.45) is 1.77. The van der Waals surface area contributed by atoms with Crippen LogP contribution in [0.15, 0.2) is 60.8 Å². The molecule has 0 saturated heterocycles. The molecular formula is C19H16N3O2+. The van der Waals surface area contributed by atoms with Crippen LogP contribution in [-0.4, -0.2) is 22.0 Å². The average molecular weight is 318 g/mol. The molecule has 0 bridgehead atoms. The lowest BCUT2D eigenvalue weighted by Crippen LogP contribution is -2.42. The van der Waals surface area contributed by atoms with Crippen molar-refractivity contribution < 1.29 is 14.5 Å². The summed E-state index contributed by atoms with van der Waals surface area (Å²) in [6.45, 7) is 1.83. The van der Waals surface area contributed by atoms with Gasteiger partial charge >= 0.3 is 11.7 Å². The standard InChI is InChI=1S/C19H15N3O2/c1-12-19(24)22-11-16(13-5-3-2-4-6-13)21-17(18(22)20-12)14-7-9-15(23)10-8-14/h2-12H,1H3,(H,21,23)/p+1.